The number of aryl methyl sites for hydroxylation is 3. The molecule has 5 aromatic rings. The fourth-order valence-electron chi connectivity index (χ4n) is 4.28. The number of carbonyl (C=O) groups is 1. The molecule has 36 heavy (non-hydrogen) atoms. The molecule has 4 heterocycles. The molecule has 0 unspecified atom stereocenters. The fraction of sp³-hybridized carbons (Fsp3) is 0.192. The summed E-state index contributed by atoms with van der Waals surface area (Å²) in [5.74, 6) is 0.992. The van der Waals surface area contributed by atoms with E-state index in [-0.39, 0.29) is 12.1 Å². The summed E-state index contributed by atoms with van der Waals surface area (Å²) >= 11 is 0. The lowest BCUT2D eigenvalue weighted by molar-refractivity contribution is 0.102. The highest BCUT2D eigenvalue weighted by Crippen LogP contribution is 2.37. The molecule has 4 aromatic heterocycles. The monoisotopic (exact) mass is 484 g/mol. The molecular formula is C26H24N6O4. The summed E-state index contributed by atoms with van der Waals surface area (Å²) in [6.45, 7) is 3.85. The predicted octanol–water partition coefficient (Wildman–Crippen LogP) is 3.71. The van der Waals surface area contributed by atoms with Crippen molar-refractivity contribution in [2.24, 2.45) is 7.05 Å². The SMILES string of the molecule is COc1cc2c(cc1-c1c(C)noc1C)cc(C(=O)Nc1ccn(C)n1)c(=O)n2Cc1ccccn1. The van der Waals surface area contributed by atoms with Crippen LogP contribution in [0.2, 0.25) is 0 Å². The number of rotatable bonds is 6. The molecule has 0 bridgehead atoms. The van der Waals surface area contributed by atoms with E-state index in [1.165, 1.54) is 4.57 Å². The second-order valence-corrected chi connectivity index (χ2v) is 8.41. The summed E-state index contributed by atoms with van der Waals surface area (Å²) in [4.78, 5) is 31.2. The van der Waals surface area contributed by atoms with E-state index in [4.69, 9.17) is 9.26 Å². The van der Waals surface area contributed by atoms with Crippen LogP contribution in [0.15, 0.2) is 64.2 Å². The van der Waals surface area contributed by atoms with Gasteiger partial charge in [-0.3, -0.25) is 19.3 Å². The molecule has 1 amide bonds. The molecule has 0 aliphatic rings. The highest BCUT2D eigenvalue weighted by molar-refractivity contribution is 6.05. The Balaban J connectivity index is 1.73. The highest BCUT2D eigenvalue weighted by Gasteiger charge is 2.22. The quantitative estimate of drug-likeness (QED) is 0.390. The molecule has 5 rings (SSSR count). The lowest BCUT2D eigenvalue weighted by Crippen LogP contribution is -2.30. The number of hydrogen-bond acceptors (Lipinski definition) is 7. The van der Waals surface area contributed by atoms with Gasteiger partial charge in [0.1, 0.15) is 17.1 Å². The van der Waals surface area contributed by atoms with Crippen molar-refractivity contribution >= 4 is 22.6 Å². The first-order chi connectivity index (χ1) is 17.4. The average Bonchev–Trinajstić information content (AvgIpc) is 3.43. The van der Waals surface area contributed by atoms with Gasteiger partial charge in [-0.15, -0.1) is 0 Å². The number of anilines is 1. The van der Waals surface area contributed by atoms with Gasteiger partial charge in [0.2, 0.25) is 0 Å². The number of amides is 1. The smallest absolute Gasteiger partial charge is 0.264 e. The first kappa shape index (κ1) is 23.0. The van der Waals surface area contributed by atoms with E-state index in [1.807, 2.05) is 32.0 Å². The van der Waals surface area contributed by atoms with Crippen molar-refractivity contribution in [3.8, 4) is 16.9 Å². The number of nitrogens with one attached hydrogen (secondary N) is 1. The first-order valence-corrected chi connectivity index (χ1v) is 11.3. The summed E-state index contributed by atoms with van der Waals surface area (Å²) in [6.07, 6.45) is 3.37. The van der Waals surface area contributed by atoms with E-state index in [2.05, 4.69) is 20.6 Å². The maximum absolute atomic E-state index is 13.6. The van der Waals surface area contributed by atoms with Gasteiger partial charge < -0.3 is 19.1 Å². The van der Waals surface area contributed by atoms with Crippen LogP contribution in [0.25, 0.3) is 22.0 Å². The minimum atomic E-state index is -0.551. The van der Waals surface area contributed by atoms with Gasteiger partial charge in [-0.1, -0.05) is 11.2 Å². The van der Waals surface area contributed by atoms with Crippen LogP contribution in [0.4, 0.5) is 5.82 Å². The normalized spacial score (nSPS) is 11.1. The van der Waals surface area contributed by atoms with Gasteiger partial charge in [0, 0.05) is 42.5 Å². The molecule has 0 fully saturated rings. The molecule has 0 spiro atoms. The third-order valence-corrected chi connectivity index (χ3v) is 5.96. The Morgan fingerprint density at radius 1 is 1.17 bits per heavy atom. The molecule has 1 N–H and O–H groups in total. The Bertz CT molecular complexity index is 1630. The van der Waals surface area contributed by atoms with Crippen molar-refractivity contribution in [1.82, 2.24) is 24.5 Å². The van der Waals surface area contributed by atoms with Crippen molar-refractivity contribution in [2.45, 2.75) is 20.4 Å². The van der Waals surface area contributed by atoms with Crippen molar-refractivity contribution in [3.05, 3.63) is 87.9 Å². The van der Waals surface area contributed by atoms with Crippen LogP contribution in [0.5, 0.6) is 5.75 Å². The van der Waals surface area contributed by atoms with Gasteiger partial charge in [0.25, 0.3) is 11.5 Å². The molecule has 1 aromatic carbocycles. The number of carbonyl (C=O) groups excluding carboxylic acids is 1. The molecular weight excluding hydrogens is 460 g/mol. The van der Waals surface area contributed by atoms with Crippen molar-refractivity contribution in [3.63, 3.8) is 0 Å². The van der Waals surface area contributed by atoms with Crippen molar-refractivity contribution < 1.29 is 14.1 Å². The number of benzene rings is 1. The molecule has 0 saturated heterocycles. The van der Waals surface area contributed by atoms with Crippen LogP contribution >= 0.6 is 0 Å². The number of methoxy groups -OCH3 is 1. The van der Waals surface area contributed by atoms with Crippen molar-refractivity contribution in [1.29, 1.82) is 0 Å². The van der Waals surface area contributed by atoms with Crippen LogP contribution in [-0.4, -0.2) is 37.5 Å². The van der Waals surface area contributed by atoms with Gasteiger partial charge in [0.05, 0.1) is 36.1 Å². The Morgan fingerprint density at radius 3 is 2.64 bits per heavy atom. The number of fused-ring (bicyclic) bond motifs is 1. The van der Waals surface area contributed by atoms with Gasteiger partial charge in [0.15, 0.2) is 5.82 Å². The second-order valence-electron chi connectivity index (χ2n) is 8.41. The van der Waals surface area contributed by atoms with Gasteiger partial charge in [-0.05, 0) is 38.1 Å². The Morgan fingerprint density at radius 2 is 2.00 bits per heavy atom. The topological polar surface area (TPSA) is 117 Å². The van der Waals surface area contributed by atoms with Gasteiger partial charge >= 0.3 is 0 Å². The molecule has 0 radical (unpaired) electrons. The van der Waals surface area contributed by atoms with Crippen LogP contribution in [0, 0.1) is 13.8 Å². The summed E-state index contributed by atoms with van der Waals surface area (Å²) in [6, 6.07) is 12.4. The fourth-order valence-corrected chi connectivity index (χ4v) is 4.28. The second kappa shape index (κ2) is 9.14. The van der Waals surface area contributed by atoms with Gasteiger partial charge in [-0.2, -0.15) is 5.10 Å². The first-order valence-electron chi connectivity index (χ1n) is 11.3. The summed E-state index contributed by atoms with van der Waals surface area (Å²) in [5.41, 5.74) is 3.08. The highest BCUT2D eigenvalue weighted by atomic mass is 16.5. The zero-order chi connectivity index (χ0) is 25.4. The van der Waals surface area contributed by atoms with E-state index in [1.54, 1.807) is 55.5 Å². The zero-order valence-electron chi connectivity index (χ0n) is 20.3. The Kier molecular flexibility index (Phi) is 5.85. The molecule has 0 saturated carbocycles. The van der Waals surface area contributed by atoms with E-state index in [0.29, 0.717) is 39.6 Å². The lowest BCUT2D eigenvalue weighted by Gasteiger charge is -2.16. The van der Waals surface area contributed by atoms with E-state index in [0.717, 1.165) is 11.1 Å². The minimum absolute atomic E-state index is 0.0148. The number of aromatic nitrogens is 5. The zero-order valence-corrected chi connectivity index (χ0v) is 20.3. The van der Waals surface area contributed by atoms with E-state index >= 15 is 0 Å². The summed E-state index contributed by atoms with van der Waals surface area (Å²) < 4.78 is 14.2. The van der Waals surface area contributed by atoms with E-state index < -0.39 is 11.5 Å². The minimum Gasteiger partial charge on any atom is -0.496 e. The number of hydrogen-bond donors (Lipinski definition) is 1. The molecule has 0 atom stereocenters. The summed E-state index contributed by atoms with van der Waals surface area (Å²) in [7, 11) is 3.31. The third kappa shape index (κ3) is 4.13. The van der Waals surface area contributed by atoms with Crippen LogP contribution in [-0.2, 0) is 13.6 Å². The average molecular weight is 485 g/mol. The van der Waals surface area contributed by atoms with Crippen LogP contribution < -0.4 is 15.6 Å². The third-order valence-electron chi connectivity index (χ3n) is 5.96. The molecule has 0 aliphatic carbocycles. The lowest BCUT2D eigenvalue weighted by atomic mass is 9.99. The van der Waals surface area contributed by atoms with Crippen LogP contribution in [0.3, 0.4) is 0 Å². The van der Waals surface area contributed by atoms with E-state index in [9.17, 15) is 9.59 Å². The molecule has 0 aliphatic heterocycles. The molecule has 10 heteroatoms. The standard InChI is InChI=1S/C26H24N6O4/c1-15-24(16(2)36-30-15)19-11-17-12-20(25(33)28-23-8-10-31(3)29-23)26(34)32(21(17)13-22(19)35-4)14-18-7-5-6-9-27-18/h5-13H,14H2,1-4H3,(H,28,29,33). The van der Waals surface area contributed by atoms with Crippen LogP contribution in [0.1, 0.15) is 27.5 Å². The van der Waals surface area contributed by atoms with Gasteiger partial charge in [-0.25, -0.2) is 0 Å². The molecule has 182 valence electrons. The Labute approximate surface area is 206 Å². The predicted molar refractivity (Wildman–Crippen MR) is 134 cm³/mol. The number of nitrogens with zero attached hydrogens (tertiary/aromatic N) is 5. The molecule has 10 nitrogen and oxygen atoms in total. The number of pyridine rings is 2. The maximum atomic E-state index is 13.6. The maximum Gasteiger partial charge on any atom is 0.264 e. The number of ether oxygens (including phenoxy) is 1. The largest absolute Gasteiger partial charge is 0.496 e. The Hall–Kier alpha value is -4.73. The summed E-state index contributed by atoms with van der Waals surface area (Å²) in [5, 5.41) is 11.6. The van der Waals surface area contributed by atoms with Crippen molar-refractivity contribution in [2.75, 3.05) is 12.4 Å².